The molecule has 9 heteroatoms. The van der Waals surface area contributed by atoms with Gasteiger partial charge in [0.2, 0.25) is 0 Å². The maximum absolute atomic E-state index is 12.4. The molecular weight excluding hydrogens is 375 g/mol. The fraction of sp³-hybridized carbons (Fsp3) is 0.889. The van der Waals surface area contributed by atoms with Gasteiger partial charge in [0.05, 0.1) is 12.2 Å². The van der Waals surface area contributed by atoms with Crippen LogP contribution in [0.1, 0.15) is 68.2 Å². The number of rotatable bonds is 12. The Kier molecular flexibility index (Phi) is 10.2. The number of phosphoric acid groups is 1. The van der Waals surface area contributed by atoms with E-state index in [0.29, 0.717) is 12.3 Å². The molecule has 0 spiro atoms. The van der Waals surface area contributed by atoms with Gasteiger partial charge in [-0.3, -0.25) is 18.6 Å². The fourth-order valence-electron chi connectivity index (χ4n) is 2.82. The van der Waals surface area contributed by atoms with Crippen LogP contribution >= 0.6 is 7.82 Å². The molecule has 8 nitrogen and oxygen atoms in total. The van der Waals surface area contributed by atoms with Gasteiger partial charge in [-0.25, -0.2) is 4.57 Å². The van der Waals surface area contributed by atoms with Crippen molar-refractivity contribution in [3.05, 3.63) is 0 Å². The molecule has 3 atom stereocenters. The molecule has 0 aliphatic rings. The van der Waals surface area contributed by atoms with Crippen LogP contribution in [0.25, 0.3) is 0 Å². The number of ether oxygens (including phenoxy) is 2. The van der Waals surface area contributed by atoms with Gasteiger partial charge >= 0.3 is 19.8 Å². The molecule has 0 bridgehead atoms. The zero-order valence-corrected chi connectivity index (χ0v) is 18.6. The zero-order chi connectivity index (χ0) is 21.5. The average Bonchev–Trinajstić information content (AvgIpc) is 2.47. The molecule has 3 unspecified atom stereocenters. The van der Waals surface area contributed by atoms with Gasteiger partial charge in [0.15, 0.2) is 6.10 Å². The summed E-state index contributed by atoms with van der Waals surface area (Å²) < 4.78 is 32.4. The van der Waals surface area contributed by atoms with E-state index in [1.54, 1.807) is 13.8 Å². The third-order valence-corrected chi connectivity index (χ3v) is 5.82. The number of carbonyl (C=O) groups excluding carboxylic acids is 2. The molecule has 27 heavy (non-hydrogen) atoms. The van der Waals surface area contributed by atoms with Crippen LogP contribution in [-0.2, 0) is 32.7 Å². The average molecular weight is 410 g/mol. The third kappa shape index (κ3) is 10.8. The Morgan fingerprint density at radius 3 is 2.04 bits per heavy atom. The second kappa shape index (κ2) is 10.6. The van der Waals surface area contributed by atoms with Gasteiger partial charge in [0, 0.05) is 13.8 Å². The molecule has 0 heterocycles. The molecule has 0 fully saturated rings. The number of esters is 2. The van der Waals surface area contributed by atoms with Crippen LogP contribution in [0.3, 0.4) is 0 Å². The van der Waals surface area contributed by atoms with E-state index in [-0.39, 0.29) is 12.0 Å². The predicted octanol–water partition coefficient (Wildman–Crippen LogP) is 3.86. The number of phosphoric ester groups is 1. The topological polar surface area (TPSA) is 108 Å². The first-order chi connectivity index (χ1) is 12.1. The summed E-state index contributed by atoms with van der Waals surface area (Å²) in [5.74, 6) is -0.828. The van der Waals surface area contributed by atoms with Crippen molar-refractivity contribution >= 4 is 19.8 Å². The normalized spacial score (nSPS) is 17.7. The van der Waals surface area contributed by atoms with Crippen LogP contribution < -0.4 is 0 Å². The highest BCUT2D eigenvalue weighted by atomic mass is 31.2. The molecule has 0 aromatic heterocycles. The Bertz CT molecular complexity index is 545. The van der Waals surface area contributed by atoms with Gasteiger partial charge in [-0.05, 0) is 31.6 Å². The van der Waals surface area contributed by atoms with Crippen LogP contribution in [0.4, 0.5) is 0 Å². The highest BCUT2D eigenvalue weighted by Gasteiger charge is 2.39. The van der Waals surface area contributed by atoms with Crippen LogP contribution in [0.5, 0.6) is 0 Å². The highest BCUT2D eigenvalue weighted by molar-refractivity contribution is 7.47. The Morgan fingerprint density at radius 1 is 1.07 bits per heavy atom. The Balaban J connectivity index is 4.94. The maximum atomic E-state index is 12.4. The third-order valence-electron chi connectivity index (χ3n) is 4.62. The van der Waals surface area contributed by atoms with Gasteiger partial charge in [-0.15, -0.1) is 0 Å². The first kappa shape index (κ1) is 26.1. The molecule has 0 radical (unpaired) electrons. The maximum Gasteiger partial charge on any atom is 0.472 e. The van der Waals surface area contributed by atoms with Crippen molar-refractivity contribution in [2.45, 2.75) is 79.9 Å². The van der Waals surface area contributed by atoms with Crippen molar-refractivity contribution in [3.63, 3.8) is 0 Å². The molecule has 0 aromatic rings. The molecule has 0 amide bonds. The lowest BCUT2D eigenvalue weighted by Gasteiger charge is -2.40. The van der Waals surface area contributed by atoms with E-state index >= 15 is 0 Å². The summed E-state index contributed by atoms with van der Waals surface area (Å²) in [6.07, 6.45) is 0.448. The zero-order valence-electron chi connectivity index (χ0n) is 17.7. The molecular formula is C18H35O8P. The molecule has 0 aliphatic carbocycles. The Morgan fingerprint density at radius 2 is 1.63 bits per heavy atom. The molecule has 0 aromatic carbocycles. The van der Waals surface area contributed by atoms with E-state index in [1.165, 1.54) is 13.8 Å². The van der Waals surface area contributed by atoms with E-state index < -0.39 is 38.1 Å². The summed E-state index contributed by atoms with van der Waals surface area (Å²) in [6.45, 7) is 13.5. The Labute approximate surface area is 162 Å². The minimum Gasteiger partial charge on any atom is -0.462 e. The minimum absolute atomic E-state index is 0.0703. The van der Waals surface area contributed by atoms with Crippen molar-refractivity contribution in [2.24, 2.45) is 11.3 Å². The second-order valence-electron chi connectivity index (χ2n) is 7.99. The predicted molar refractivity (Wildman–Crippen MR) is 101 cm³/mol. The van der Waals surface area contributed by atoms with Gasteiger partial charge in [0.25, 0.3) is 0 Å². The van der Waals surface area contributed by atoms with E-state index in [4.69, 9.17) is 18.5 Å². The molecule has 0 saturated carbocycles. The van der Waals surface area contributed by atoms with Gasteiger partial charge in [-0.1, -0.05) is 34.1 Å². The summed E-state index contributed by atoms with van der Waals surface area (Å²) in [7, 11) is -4.42. The molecule has 160 valence electrons. The molecule has 0 rings (SSSR count). The Hall–Kier alpha value is -0.950. The van der Waals surface area contributed by atoms with E-state index in [0.717, 1.165) is 6.42 Å². The lowest BCUT2D eigenvalue weighted by molar-refractivity contribution is -0.158. The lowest BCUT2D eigenvalue weighted by atomic mass is 9.70. The first-order valence-electron chi connectivity index (χ1n) is 9.11. The second-order valence-corrected chi connectivity index (χ2v) is 9.37. The van der Waals surface area contributed by atoms with E-state index in [1.807, 2.05) is 0 Å². The summed E-state index contributed by atoms with van der Waals surface area (Å²) in [4.78, 5) is 32.1. The molecule has 1 N–H and O–H groups in total. The minimum atomic E-state index is -4.42. The lowest BCUT2D eigenvalue weighted by Crippen LogP contribution is -2.35. The molecule has 0 saturated heterocycles. The number of hydrogen-bond acceptors (Lipinski definition) is 7. The quantitative estimate of drug-likeness (QED) is 0.382. The number of carbonyl (C=O) groups is 2. The summed E-state index contributed by atoms with van der Waals surface area (Å²) >= 11 is 0. The van der Waals surface area contributed by atoms with Crippen LogP contribution in [0.2, 0.25) is 0 Å². The van der Waals surface area contributed by atoms with Crippen molar-refractivity contribution in [1.29, 1.82) is 0 Å². The summed E-state index contributed by atoms with van der Waals surface area (Å²) in [5, 5.41) is 0. The van der Waals surface area contributed by atoms with Crippen LogP contribution in [0.15, 0.2) is 0 Å². The first-order valence-corrected chi connectivity index (χ1v) is 10.6. The smallest absolute Gasteiger partial charge is 0.462 e. The van der Waals surface area contributed by atoms with Crippen LogP contribution in [0, 0.1) is 11.3 Å². The standard InChI is InChI=1S/C18H35O8P/c1-9-18(8,13(2)3)12-17(6,7)26-27(21,22)24-11-16(25-15(5)20)10-23-14(4)19/h13,16H,9-12H2,1-8H3,(H,21,22). The van der Waals surface area contributed by atoms with Crippen molar-refractivity contribution in [1.82, 2.24) is 0 Å². The largest absolute Gasteiger partial charge is 0.472 e. The summed E-state index contributed by atoms with van der Waals surface area (Å²) in [5.41, 5.74) is -0.981. The van der Waals surface area contributed by atoms with Gasteiger partial charge in [0.1, 0.15) is 6.61 Å². The van der Waals surface area contributed by atoms with Crippen LogP contribution in [-0.4, -0.2) is 41.8 Å². The van der Waals surface area contributed by atoms with Gasteiger partial charge < -0.3 is 14.4 Å². The van der Waals surface area contributed by atoms with E-state index in [2.05, 4.69) is 27.7 Å². The highest BCUT2D eigenvalue weighted by Crippen LogP contribution is 2.51. The van der Waals surface area contributed by atoms with Crippen molar-refractivity contribution < 1.29 is 37.6 Å². The van der Waals surface area contributed by atoms with Gasteiger partial charge in [-0.2, -0.15) is 0 Å². The monoisotopic (exact) mass is 410 g/mol. The molecule has 0 aliphatic heterocycles. The van der Waals surface area contributed by atoms with Crippen molar-refractivity contribution in [3.8, 4) is 0 Å². The van der Waals surface area contributed by atoms with Crippen molar-refractivity contribution in [2.75, 3.05) is 13.2 Å². The van der Waals surface area contributed by atoms with E-state index in [9.17, 15) is 19.0 Å². The summed E-state index contributed by atoms with van der Waals surface area (Å²) in [6, 6.07) is 0. The SMILES string of the molecule is CCC(C)(CC(C)(C)OP(=O)(O)OCC(COC(C)=O)OC(C)=O)C(C)C. The fourth-order valence-corrected chi connectivity index (χ4v) is 3.92. The number of hydrogen-bond donors (Lipinski definition) is 1.